The van der Waals surface area contributed by atoms with E-state index < -0.39 is 5.60 Å². The van der Waals surface area contributed by atoms with Gasteiger partial charge in [-0.05, 0) is 25.5 Å². The molecule has 0 spiro atoms. The van der Waals surface area contributed by atoms with E-state index in [0.717, 1.165) is 33.3 Å². The highest BCUT2D eigenvalue weighted by molar-refractivity contribution is 6.02. The number of hydrogen-bond donors (Lipinski definition) is 1. The third kappa shape index (κ3) is 3.84. The van der Waals surface area contributed by atoms with Crippen molar-refractivity contribution in [3.05, 3.63) is 72.2 Å². The fourth-order valence-corrected chi connectivity index (χ4v) is 3.31. The lowest BCUT2D eigenvalue weighted by atomic mass is 10.1. The number of fused-ring (bicyclic) bond motifs is 3. The van der Waals surface area contributed by atoms with E-state index in [2.05, 4.69) is 9.55 Å². The second-order valence-electron chi connectivity index (χ2n) is 7.41. The van der Waals surface area contributed by atoms with Crippen LogP contribution in [0.1, 0.15) is 25.2 Å². The van der Waals surface area contributed by atoms with Gasteiger partial charge in [0.25, 0.3) is 0 Å². The van der Waals surface area contributed by atoms with E-state index in [4.69, 9.17) is 9.72 Å². The monoisotopic (exact) mass is 361 g/mol. The fourth-order valence-electron chi connectivity index (χ4n) is 3.31. The Balaban J connectivity index is 1.72. The second-order valence-corrected chi connectivity index (χ2v) is 7.41. The number of pyridine rings is 1. The molecule has 0 aliphatic carbocycles. The van der Waals surface area contributed by atoms with Crippen LogP contribution in [0.15, 0.2) is 60.8 Å². The molecule has 5 heteroatoms. The van der Waals surface area contributed by atoms with Crippen molar-refractivity contribution in [3.63, 3.8) is 0 Å². The van der Waals surface area contributed by atoms with Gasteiger partial charge in [0, 0.05) is 5.39 Å². The van der Waals surface area contributed by atoms with Crippen molar-refractivity contribution in [1.82, 2.24) is 14.5 Å². The van der Waals surface area contributed by atoms with E-state index in [1.54, 1.807) is 20.0 Å². The first-order valence-electron chi connectivity index (χ1n) is 9.08. The number of imidazole rings is 1. The second kappa shape index (κ2) is 7.10. The molecule has 2 aromatic heterocycles. The number of aromatic nitrogens is 3. The molecule has 0 saturated heterocycles. The highest BCUT2D eigenvalue weighted by Gasteiger charge is 2.20. The number of aliphatic hydroxyl groups is 1. The van der Waals surface area contributed by atoms with Gasteiger partial charge in [-0.2, -0.15) is 0 Å². The van der Waals surface area contributed by atoms with Gasteiger partial charge in [0.15, 0.2) is 0 Å². The summed E-state index contributed by atoms with van der Waals surface area (Å²) in [6.07, 6.45) is 1.79. The Kier molecular flexibility index (Phi) is 4.64. The average molecular weight is 361 g/mol. The van der Waals surface area contributed by atoms with E-state index in [9.17, 15) is 5.11 Å². The summed E-state index contributed by atoms with van der Waals surface area (Å²) in [7, 11) is 0. The zero-order valence-corrected chi connectivity index (χ0v) is 15.6. The van der Waals surface area contributed by atoms with Gasteiger partial charge < -0.3 is 14.4 Å². The Hall–Kier alpha value is -2.76. The molecule has 5 nitrogen and oxygen atoms in total. The van der Waals surface area contributed by atoms with Gasteiger partial charge in [0.2, 0.25) is 0 Å². The molecule has 27 heavy (non-hydrogen) atoms. The van der Waals surface area contributed by atoms with Crippen LogP contribution in [-0.2, 0) is 24.5 Å². The largest absolute Gasteiger partial charge is 0.389 e. The van der Waals surface area contributed by atoms with Gasteiger partial charge in [0.1, 0.15) is 17.9 Å². The molecular formula is C22H23N3O2. The van der Waals surface area contributed by atoms with E-state index >= 15 is 0 Å². The van der Waals surface area contributed by atoms with Crippen LogP contribution in [-0.4, -0.2) is 25.2 Å². The zero-order valence-electron chi connectivity index (χ0n) is 15.6. The highest BCUT2D eigenvalue weighted by Crippen LogP contribution is 2.26. The summed E-state index contributed by atoms with van der Waals surface area (Å²) in [4.78, 5) is 9.25. The summed E-state index contributed by atoms with van der Waals surface area (Å²) in [6.45, 7) is 4.93. The molecule has 0 atom stereocenters. The smallest absolute Gasteiger partial charge is 0.136 e. The van der Waals surface area contributed by atoms with Crippen molar-refractivity contribution in [3.8, 4) is 0 Å². The first-order chi connectivity index (χ1) is 13.0. The number of nitrogens with zero attached hydrogens (tertiary/aromatic N) is 3. The van der Waals surface area contributed by atoms with E-state index in [0.29, 0.717) is 19.8 Å². The first-order valence-corrected chi connectivity index (χ1v) is 9.08. The van der Waals surface area contributed by atoms with E-state index in [1.165, 1.54) is 0 Å². The average Bonchev–Trinajstić information content (AvgIpc) is 2.99. The third-order valence-electron chi connectivity index (χ3n) is 4.45. The van der Waals surface area contributed by atoms with Crippen molar-refractivity contribution >= 4 is 21.9 Å². The number of hydrogen-bond acceptors (Lipinski definition) is 4. The number of ether oxygens (including phenoxy) is 1. The molecule has 0 bridgehead atoms. The number of para-hydroxylation sites is 1. The molecule has 0 radical (unpaired) electrons. The van der Waals surface area contributed by atoms with Crippen LogP contribution >= 0.6 is 0 Å². The van der Waals surface area contributed by atoms with Gasteiger partial charge in [-0.25, -0.2) is 4.98 Å². The van der Waals surface area contributed by atoms with Crippen molar-refractivity contribution in [2.24, 2.45) is 0 Å². The molecule has 2 aromatic carbocycles. The quantitative estimate of drug-likeness (QED) is 0.562. The summed E-state index contributed by atoms with van der Waals surface area (Å²) < 4.78 is 7.98. The van der Waals surface area contributed by atoms with Crippen LogP contribution < -0.4 is 0 Å². The fraction of sp³-hybridized carbons (Fsp3) is 0.273. The standard InChI is InChI=1S/C22H23N3O2/c1-22(2,26)15-25-20(14-27-13-16-8-4-3-5-9-16)24-19-12-23-18-11-7-6-10-17(18)21(19)25/h3-12,26H,13-15H2,1-2H3. The minimum atomic E-state index is -0.869. The predicted octanol–water partition coefficient (Wildman–Crippen LogP) is 4.07. The maximum absolute atomic E-state index is 10.4. The Morgan fingerprint density at radius 2 is 1.70 bits per heavy atom. The minimum Gasteiger partial charge on any atom is -0.389 e. The molecule has 4 aromatic rings. The van der Waals surface area contributed by atoms with Crippen LogP contribution in [0, 0.1) is 0 Å². The number of rotatable bonds is 6. The van der Waals surface area contributed by atoms with Crippen molar-refractivity contribution < 1.29 is 9.84 Å². The maximum Gasteiger partial charge on any atom is 0.136 e. The SMILES string of the molecule is CC(C)(O)Cn1c(COCc2ccccc2)nc2cnc3ccccc3c21. The topological polar surface area (TPSA) is 60.2 Å². The molecular weight excluding hydrogens is 338 g/mol. The first kappa shape index (κ1) is 17.6. The van der Waals surface area contributed by atoms with Crippen molar-refractivity contribution in [1.29, 1.82) is 0 Å². The molecule has 0 fully saturated rings. The summed E-state index contributed by atoms with van der Waals surface area (Å²) in [5, 5.41) is 11.5. The van der Waals surface area contributed by atoms with Crippen LogP contribution in [0.5, 0.6) is 0 Å². The van der Waals surface area contributed by atoms with Crippen LogP contribution in [0.25, 0.3) is 21.9 Å². The normalized spacial score (nSPS) is 12.1. The predicted molar refractivity (Wildman–Crippen MR) is 106 cm³/mol. The molecule has 2 heterocycles. The Bertz CT molecular complexity index is 1070. The molecule has 0 saturated carbocycles. The van der Waals surface area contributed by atoms with Gasteiger partial charge >= 0.3 is 0 Å². The Morgan fingerprint density at radius 1 is 0.963 bits per heavy atom. The third-order valence-corrected chi connectivity index (χ3v) is 4.45. The molecule has 1 N–H and O–H groups in total. The highest BCUT2D eigenvalue weighted by atomic mass is 16.5. The van der Waals surface area contributed by atoms with Crippen LogP contribution in [0.3, 0.4) is 0 Å². The van der Waals surface area contributed by atoms with Crippen LogP contribution in [0.4, 0.5) is 0 Å². The Labute approximate surface area is 158 Å². The van der Waals surface area contributed by atoms with Gasteiger partial charge in [-0.15, -0.1) is 0 Å². The Morgan fingerprint density at radius 3 is 2.48 bits per heavy atom. The lowest BCUT2D eigenvalue weighted by molar-refractivity contribution is 0.0562. The van der Waals surface area contributed by atoms with Gasteiger partial charge in [0.05, 0.1) is 36.0 Å². The molecule has 0 aliphatic heterocycles. The maximum atomic E-state index is 10.4. The lowest BCUT2D eigenvalue weighted by Gasteiger charge is -2.20. The lowest BCUT2D eigenvalue weighted by Crippen LogP contribution is -2.27. The molecule has 0 amide bonds. The van der Waals surface area contributed by atoms with E-state index in [1.807, 2.05) is 54.6 Å². The summed E-state index contributed by atoms with van der Waals surface area (Å²) in [5.74, 6) is 0.793. The zero-order chi connectivity index (χ0) is 18.9. The van der Waals surface area contributed by atoms with Gasteiger partial charge in [-0.1, -0.05) is 48.5 Å². The summed E-state index contributed by atoms with van der Waals surface area (Å²) >= 11 is 0. The van der Waals surface area contributed by atoms with Crippen molar-refractivity contribution in [2.45, 2.75) is 39.2 Å². The summed E-state index contributed by atoms with van der Waals surface area (Å²) in [6, 6.07) is 18.1. The molecule has 4 rings (SSSR count). The van der Waals surface area contributed by atoms with Crippen LogP contribution in [0.2, 0.25) is 0 Å². The van der Waals surface area contributed by atoms with Crippen molar-refractivity contribution in [2.75, 3.05) is 0 Å². The molecule has 0 aliphatic rings. The summed E-state index contributed by atoms with van der Waals surface area (Å²) in [5.41, 5.74) is 2.97. The van der Waals surface area contributed by atoms with Gasteiger partial charge in [-0.3, -0.25) is 4.98 Å². The molecule has 0 unspecified atom stereocenters. The van der Waals surface area contributed by atoms with E-state index in [-0.39, 0.29) is 0 Å². The number of benzene rings is 2. The molecule has 138 valence electrons. The minimum absolute atomic E-state index is 0.369.